The van der Waals surface area contributed by atoms with Gasteiger partial charge in [-0.05, 0) is 36.3 Å². The first-order chi connectivity index (χ1) is 17.8. The van der Waals surface area contributed by atoms with Gasteiger partial charge in [-0.3, -0.25) is 15.5 Å². The molecular formula is C26H31F3N8. The SMILES string of the molecule is CCN1C(N)C2=C(C(c3ccccc3)CN(CC(F)F)C2)N(c2ccc(-n3cnc(C)n3)c(F)c2)C1N. The van der Waals surface area contributed by atoms with Crippen molar-refractivity contribution in [2.24, 2.45) is 11.5 Å². The Kier molecular flexibility index (Phi) is 7.04. The number of nitrogens with zero attached hydrogens (tertiary/aromatic N) is 6. The number of anilines is 1. The second-order valence-electron chi connectivity index (χ2n) is 9.39. The zero-order chi connectivity index (χ0) is 26.3. The minimum absolute atomic E-state index is 0.263. The Bertz CT molecular complexity index is 1280. The van der Waals surface area contributed by atoms with Crippen molar-refractivity contribution >= 4 is 5.69 Å². The summed E-state index contributed by atoms with van der Waals surface area (Å²) >= 11 is 0. The van der Waals surface area contributed by atoms with Crippen molar-refractivity contribution in [3.8, 4) is 5.69 Å². The van der Waals surface area contributed by atoms with Crippen molar-refractivity contribution in [1.82, 2.24) is 24.6 Å². The fraction of sp³-hybridized carbons (Fsp3) is 0.385. The highest BCUT2D eigenvalue weighted by molar-refractivity contribution is 5.61. The number of rotatable bonds is 6. The van der Waals surface area contributed by atoms with E-state index in [9.17, 15) is 8.78 Å². The summed E-state index contributed by atoms with van der Waals surface area (Å²) in [5.41, 5.74) is 16.9. The van der Waals surface area contributed by atoms with Crippen molar-refractivity contribution in [1.29, 1.82) is 0 Å². The third-order valence-electron chi connectivity index (χ3n) is 7.10. The van der Waals surface area contributed by atoms with Gasteiger partial charge < -0.3 is 10.6 Å². The van der Waals surface area contributed by atoms with Crippen LogP contribution in [0.25, 0.3) is 5.69 Å². The summed E-state index contributed by atoms with van der Waals surface area (Å²) in [5.74, 6) is -0.230. The molecule has 0 spiro atoms. The molecule has 3 aromatic rings. The molecular weight excluding hydrogens is 481 g/mol. The van der Waals surface area contributed by atoms with Gasteiger partial charge in [0.25, 0.3) is 6.43 Å². The standard InChI is InChI=1S/C26H31F3N8/c1-3-35-25(30)20-13-34(14-23(28)29)12-19(17-7-5-4-6-8-17)24(20)37(26(35)31)18-9-10-22(21(27)11-18)36-15-32-16(2)33-36/h4-11,15,19,23,25-26H,3,12-14,30-31H2,1-2H3. The van der Waals surface area contributed by atoms with Crippen LogP contribution in [0.4, 0.5) is 18.9 Å². The summed E-state index contributed by atoms with van der Waals surface area (Å²) < 4.78 is 43.7. The lowest BCUT2D eigenvalue weighted by Crippen LogP contribution is -2.67. The number of halogens is 3. The van der Waals surface area contributed by atoms with Gasteiger partial charge >= 0.3 is 0 Å². The Morgan fingerprint density at radius 3 is 2.49 bits per heavy atom. The van der Waals surface area contributed by atoms with Crippen LogP contribution in [0.5, 0.6) is 0 Å². The van der Waals surface area contributed by atoms with E-state index in [0.717, 1.165) is 16.8 Å². The molecule has 3 heterocycles. The Balaban J connectivity index is 1.65. The van der Waals surface area contributed by atoms with Crippen LogP contribution in [-0.4, -0.2) is 69.6 Å². The van der Waals surface area contributed by atoms with Crippen LogP contribution in [0.3, 0.4) is 0 Å². The molecule has 196 valence electrons. The predicted molar refractivity (Wildman–Crippen MR) is 136 cm³/mol. The van der Waals surface area contributed by atoms with E-state index >= 15 is 4.39 Å². The lowest BCUT2D eigenvalue weighted by atomic mass is 9.85. The number of hydrogen-bond donors (Lipinski definition) is 2. The van der Waals surface area contributed by atoms with E-state index in [2.05, 4.69) is 10.1 Å². The van der Waals surface area contributed by atoms with Crippen molar-refractivity contribution in [3.63, 3.8) is 0 Å². The highest BCUT2D eigenvalue weighted by atomic mass is 19.3. The van der Waals surface area contributed by atoms with Gasteiger partial charge in [-0.1, -0.05) is 37.3 Å². The first-order valence-corrected chi connectivity index (χ1v) is 12.3. The maximum absolute atomic E-state index is 15.4. The van der Waals surface area contributed by atoms with Gasteiger partial charge in [0.2, 0.25) is 0 Å². The smallest absolute Gasteiger partial charge is 0.251 e. The topological polar surface area (TPSA) is 92.5 Å². The molecule has 0 radical (unpaired) electrons. The highest BCUT2D eigenvalue weighted by Gasteiger charge is 2.44. The third kappa shape index (κ3) is 4.75. The van der Waals surface area contributed by atoms with Gasteiger partial charge in [-0.25, -0.2) is 22.8 Å². The number of aryl methyl sites for hydroxylation is 1. The van der Waals surface area contributed by atoms with Crippen molar-refractivity contribution in [3.05, 3.63) is 83.3 Å². The number of hydrogen-bond acceptors (Lipinski definition) is 7. The van der Waals surface area contributed by atoms with E-state index in [4.69, 9.17) is 11.5 Å². The summed E-state index contributed by atoms with van der Waals surface area (Å²) in [5, 5.41) is 4.21. The van der Waals surface area contributed by atoms with Crippen molar-refractivity contribution in [2.75, 3.05) is 31.1 Å². The molecule has 2 aromatic carbocycles. The van der Waals surface area contributed by atoms with Gasteiger partial charge in [0.1, 0.15) is 24.1 Å². The molecule has 11 heteroatoms. The van der Waals surface area contributed by atoms with Crippen LogP contribution < -0.4 is 16.4 Å². The van der Waals surface area contributed by atoms with Crippen molar-refractivity contribution in [2.45, 2.75) is 38.6 Å². The molecule has 0 saturated carbocycles. The quantitative estimate of drug-likeness (QED) is 0.525. The summed E-state index contributed by atoms with van der Waals surface area (Å²) in [4.78, 5) is 9.61. The van der Waals surface area contributed by atoms with Crippen LogP contribution in [0.1, 0.15) is 24.2 Å². The normalized spacial score (nSPS) is 23.1. The molecule has 0 saturated heterocycles. The van der Waals surface area contributed by atoms with Gasteiger partial charge in [0.15, 0.2) is 5.82 Å². The second-order valence-corrected chi connectivity index (χ2v) is 9.39. The first-order valence-electron chi connectivity index (χ1n) is 12.3. The summed E-state index contributed by atoms with van der Waals surface area (Å²) in [6, 6.07) is 14.5. The summed E-state index contributed by atoms with van der Waals surface area (Å²) in [6.07, 6.45) is -2.24. The predicted octanol–water partition coefficient (Wildman–Crippen LogP) is 3.00. The molecule has 3 atom stereocenters. The lowest BCUT2D eigenvalue weighted by Gasteiger charge is -2.53. The fourth-order valence-corrected chi connectivity index (χ4v) is 5.43. The number of alkyl halides is 2. The van der Waals surface area contributed by atoms with E-state index in [1.807, 2.05) is 47.1 Å². The van der Waals surface area contributed by atoms with Crippen LogP contribution >= 0.6 is 0 Å². The van der Waals surface area contributed by atoms with E-state index < -0.39 is 24.7 Å². The summed E-state index contributed by atoms with van der Waals surface area (Å²) in [7, 11) is 0. The first kappa shape index (κ1) is 25.4. The van der Waals surface area contributed by atoms with Gasteiger partial charge in [0.05, 0.1) is 12.7 Å². The van der Waals surface area contributed by atoms with E-state index in [1.54, 1.807) is 24.0 Å². The zero-order valence-corrected chi connectivity index (χ0v) is 20.8. The van der Waals surface area contributed by atoms with Gasteiger partial charge in [0, 0.05) is 36.9 Å². The molecule has 2 aliphatic heterocycles. The fourth-order valence-electron chi connectivity index (χ4n) is 5.43. The molecule has 0 amide bonds. The Labute approximate surface area is 214 Å². The highest BCUT2D eigenvalue weighted by Crippen LogP contribution is 2.42. The Hall–Kier alpha value is -3.25. The Morgan fingerprint density at radius 2 is 1.86 bits per heavy atom. The molecule has 3 unspecified atom stereocenters. The molecule has 8 nitrogen and oxygen atoms in total. The minimum Gasteiger partial charge on any atom is -0.315 e. The van der Waals surface area contributed by atoms with E-state index in [-0.39, 0.29) is 24.7 Å². The maximum atomic E-state index is 15.4. The molecule has 1 aromatic heterocycles. The number of likely N-dealkylation sites (N-methyl/N-ethyl adjacent to an activating group) is 1. The average Bonchev–Trinajstić information content (AvgIpc) is 3.30. The van der Waals surface area contributed by atoms with Crippen LogP contribution in [-0.2, 0) is 0 Å². The minimum atomic E-state index is -2.47. The molecule has 5 rings (SSSR count). The Morgan fingerprint density at radius 1 is 1.11 bits per heavy atom. The monoisotopic (exact) mass is 512 g/mol. The van der Waals surface area contributed by atoms with E-state index in [0.29, 0.717) is 24.6 Å². The maximum Gasteiger partial charge on any atom is 0.251 e. The van der Waals surface area contributed by atoms with Crippen LogP contribution in [0.15, 0.2) is 66.1 Å². The number of aromatic nitrogens is 3. The molecule has 0 bridgehead atoms. The molecule has 0 aliphatic carbocycles. The molecule has 37 heavy (non-hydrogen) atoms. The van der Waals surface area contributed by atoms with Crippen molar-refractivity contribution < 1.29 is 13.2 Å². The number of benzene rings is 2. The molecule has 4 N–H and O–H groups in total. The lowest BCUT2D eigenvalue weighted by molar-refractivity contribution is 0.0750. The molecule has 0 fully saturated rings. The van der Waals surface area contributed by atoms with Crippen LogP contribution in [0.2, 0.25) is 0 Å². The van der Waals surface area contributed by atoms with Gasteiger partial charge in [-0.2, -0.15) is 5.10 Å². The zero-order valence-electron chi connectivity index (χ0n) is 20.8. The number of nitrogens with two attached hydrogens (primary N) is 2. The second kappa shape index (κ2) is 10.3. The largest absolute Gasteiger partial charge is 0.315 e. The van der Waals surface area contributed by atoms with E-state index in [1.165, 1.54) is 17.1 Å². The molecule has 2 aliphatic rings. The third-order valence-corrected chi connectivity index (χ3v) is 7.10. The van der Waals surface area contributed by atoms with Crippen LogP contribution in [0, 0.1) is 12.7 Å². The summed E-state index contributed by atoms with van der Waals surface area (Å²) in [6.45, 7) is 4.49. The average molecular weight is 513 g/mol. The van der Waals surface area contributed by atoms with Gasteiger partial charge in [-0.15, -0.1) is 0 Å².